The molecule has 0 bridgehead atoms. The number of hydrogen-bond donors (Lipinski definition) is 1. The maximum Gasteiger partial charge on any atom is 0.0828 e. The summed E-state index contributed by atoms with van der Waals surface area (Å²) in [6.07, 6.45) is 3.02. The van der Waals surface area contributed by atoms with E-state index in [1.54, 1.807) is 0 Å². The quantitative estimate of drug-likeness (QED) is 0.541. The molecule has 0 saturated carbocycles. The molecule has 0 aliphatic heterocycles. The van der Waals surface area contributed by atoms with Crippen molar-refractivity contribution in [3.8, 4) is 0 Å². The summed E-state index contributed by atoms with van der Waals surface area (Å²) in [6.45, 7) is 12.7. The van der Waals surface area contributed by atoms with Gasteiger partial charge in [-0.05, 0) is 41.2 Å². The molecule has 15 heavy (non-hydrogen) atoms. The van der Waals surface area contributed by atoms with Gasteiger partial charge in [0, 0.05) is 18.1 Å². The fraction of sp³-hybridized carbons (Fsp3) is 0.917. The number of rotatable bonds is 6. The summed E-state index contributed by atoms with van der Waals surface area (Å²) >= 11 is 0. The van der Waals surface area contributed by atoms with Gasteiger partial charge >= 0.3 is 0 Å². The lowest BCUT2D eigenvalue weighted by molar-refractivity contribution is 0.259. The Balaban J connectivity index is 3.61. The van der Waals surface area contributed by atoms with E-state index in [2.05, 4.69) is 56.9 Å². The van der Waals surface area contributed by atoms with Crippen LogP contribution in [0.5, 0.6) is 0 Å². The van der Waals surface area contributed by atoms with Gasteiger partial charge in [0.15, 0.2) is 0 Å². The molecule has 0 aliphatic rings. The highest BCUT2D eigenvalue weighted by molar-refractivity contribution is 5.55. The monoisotopic (exact) mass is 213 g/mol. The minimum atomic E-state index is 0.117. The topological polar surface area (TPSA) is 27.6 Å². The smallest absolute Gasteiger partial charge is 0.0828 e. The first-order chi connectivity index (χ1) is 6.87. The summed E-state index contributed by atoms with van der Waals surface area (Å²) in [4.78, 5) is 6.68. The number of nitrogens with one attached hydrogen (secondary N) is 1. The van der Waals surface area contributed by atoms with Crippen molar-refractivity contribution in [1.82, 2.24) is 10.2 Å². The first kappa shape index (κ1) is 14.4. The summed E-state index contributed by atoms with van der Waals surface area (Å²) in [5.74, 6) is 0. The molecule has 0 heterocycles. The summed E-state index contributed by atoms with van der Waals surface area (Å²) in [5, 5.41) is 3.23. The fourth-order valence-electron chi connectivity index (χ4n) is 1.05. The molecule has 0 spiro atoms. The molecule has 0 radical (unpaired) electrons. The van der Waals surface area contributed by atoms with Crippen LogP contribution in [-0.2, 0) is 0 Å². The van der Waals surface area contributed by atoms with Gasteiger partial charge < -0.3 is 10.2 Å². The van der Waals surface area contributed by atoms with Crippen molar-refractivity contribution in [3.63, 3.8) is 0 Å². The van der Waals surface area contributed by atoms with E-state index >= 15 is 0 Å². The van der Waals surface area contributed by atoms with Crippen molar-refractivity contribution in [3.05, 3.63) is 0 Å². The second-order valence-electron chi connectivity index (χ2n) is 5.17. The average Bonchev–Trinajstić information content (AvgIpc) is 2.14. The molecule has 0 saturated heterocycles. The lowest BCUT2D eigenvalue weighted by atomic mass is 10.1. The van der Waals surface area contributed by atoms with Crippen molar-refractivity contribution in [1.29, 1.82) is 0 Å². The van der Waals surface area contributed by atoms with Gasteiger partial charge in [0.1, 0.15) is 0 Å². The van der Waals surface area contributed by atoms with E-state index in [0.29, 0.717) is 6.04 Å². The van der Waals surface area contributed by atoms with Crippen LogP contribution in [0.4, 0.5) is 0 Å². The van der Waals surface area contributed by atoms with Crippen LogP contribution in [-0.4, -0.2) is 43.0 Å². The molecule has 1 atom stereocenters. The molecular formula is C12H27N3. The maximum absolute atomic E-state index is 4.34. The Morgan fingerprint density at radius 1 is 1.40 bits per heavy atom. The molecular weight excluding hydrogens is 186 g/mol. The van der Waals surface area contributed by atoms with E-state index in [-0.39, 0.29) is 5.54 Å². The van der Waals surface area contributed by atoms with E-state index in [0.717, 1.165) is 13.1 Å². The lowest BCUT2D eigenvalue weighted by Crippen LogP contribution is -2.35. The van der Waals surface area contributed by atoms with Gasteiger partial charge in [-0.1, -0.05) is 6.92 Å². The highest BCUT2D eigenvalue weighted by Crippen LogP contribution is 1.99. The highest BCUT2D eigenvalue weighted by Gasteiger charge is 2.06. The minimum Gasteiger partial charge on any atom is -0.372 e. The van der Waals surface area contributed by atoms with Gasteiger partial charge in [-0.15, -0.1) is 0 Å². The Morgan fingerprint density at radius 3 is 2.47 bits per heavy atom. The van der Waals surface area contributed by atoms with E-state index in [1.807, 2.05) is 6.34 Å². The normalized spacial score (nSPS) is 14.9. The van der Waals surface area contributed by atoms with Gasteiger partial charge in [-0.3, -0.25) is 4.99 Å². The molecule has 90 valence electrons. The van der Waals surface area contributed by atoms with Crippen LogP contribution >= 0.6 is 0 Å². The van der Waals surface area contributed by atoms with Crippen molar-refractivity contribution in [2.45, 2.75) is 52.6 Å². The molecule has 0 amide bonds. The van der Waals surface area contributed by atoms with Crippen molar-refractivity contribution in [2.75, 3.05) is 20.1 Å². The first-order valence-corrected chi connectivity index (χ1v) is 5.83. The second-order valence-corrected chi connectivity index (χ2v) is 5.17. The maximum atomic E-state index is 4.34. The Kier molecular flexibility index (Phi) is 6.57. The molecule has 1 unspecified atom stereocenters. The molecule has 0 fully saturated rings. The van der Waals surface area contributed by atoms with E-state index < -0.39 is 0 Å². The van der Waals surface area contributed by atoms with E-state index in [4.69, 9.17) is 0 Å². The Bertz CT molecular complexity index is 182. The third-order valence-electron chi connectivity index (χ3n) is 2.51. The van der Waals surface area contributed by atoms with Gasteiger partial charge in [0.05, 0.1) is 12.9 Å². The average molecular weight is 213 g/mol. The van der Waals surface area contributed by atoms with Crippen LogP contribution < -0.4 is 5.32 Å². The molecule has 3 nitrogen and oxygen atoms in total. The van der Waals surface area contributed by atoms with Crippen LogP contribution in [0.2, 0.25) is 0 Å². The van der Waals surface area contributed by atoms with Crippen LogP contribution in [0.15, 0.2) is 4.99 Å². The third-order valence-corrected chi connectivity index (χ3v) is 2.51. The van der Waals surface area contributed by atoms with Crippen molar-refractivity contribution >= 4 is 6.34 Å². The predicted molar refractivity (Wildman–Crippen MR) is 68.6 cm³/mol. The lowest BCUT2D eigenvalue weighted by Gasteiger charge is -2.22. The minimum absolute atomic E-state index is 0.117. The van der Waals surface area contributed by atoms with Crippen LogP contribution in [0, 0.1) is 0 Å². The molecule has 1 N–H and O–H groups in total. The van der Waals surface area contributed by atoms with Gasteiger partial charge in [0.2, 0.25) is 0 Å². The molecule has 0 aromatic heterocycles. The molecule has 3 heteroatoms. The van der Waals surface area contributed by atoms with Crippen LogP contribution in [0.3, 0.4) is 0 Å². The van der Waals surface area contributed by atoms with Crippen LogP contribution in [0.1, 0.15) is 41.0 Å². The molecule has 0 aromatic carbocycles. The first-order valence-electron chi connectivity index (χ1n) is 5.83. The van der Waals surface area contributed by atoms with Gasteiger partial charge in [-0.25, -0.2) is 0 Å². The predicted octanol–water partition coefficient (Wildman–Crippen LogP) is 2.13. The summed E-state index contributed by atoms with van der Waals surface area (Å²) in [5.41, 5.74) is 0.117. The zero-order valence-electron chi connectivity index (χ0n) is 11.2. The SMILES string of the molecule is CCC(C)N(C)CCN=CNC(C)(C)C. The second kappa shape index (κ2) is 6.83. The van der Waals surface area contributed by atoms with Crippen LogP contribution in [0.25, 0.3) is 0 Å². The van der Waals surface area contributed by atoms with E-state index in [1.165, 1.54) is 6.42 Å². The number of hydrogen-bond acceptors (Lipinski definition) is 2. The summed E-state index contributed by atoms with van der Waals surface area (Å²) in [6, 6.07) is 0.649. The number of nitrogens with zero attached hydrogens (tertiary/aromatic N) is 2. The molecule has 0 aromatic rings. The zero-order valence-corrected chi connectivity index (χ0v) is 11.2. The number of likely N-dealkylation sites (N-methyl/N-ethyl adjacent to an activating group) is 1. The zero-order chi connectivity index (χ0) is 11.9. The summed E-state index contributed by atoms with van der Waals surface area (Å²) < 4.78 is 0. The third kappa shape index (κ3) is 8.43. The Labute approximate surface area is 95.0 Å². The van der Waals surface area contributed by atoms with Crippen molar-refractivity contribution in [2.24, 2.45) is 4.99 Å². The van der Waals surface area contributed by atoms with Crippen molar-refractivity contribution < 1.29 is 0 Å². The summed E-state index contributed by atoms with van der Waals surface area (Å²) in [7, 11) is 2.15. The van der Waals surface area contributed by atoms with E-state index in [9.17, 15) is 0 Å². The number of aliphatic imine (C=N–C) groups is 1. The fourth-order valence-corrected chi connectivity index (χ4v) is 1.05. The Morgan fingerprint density at radius 2 is 2.00 bits per heavy atom. The van der Waals surface area contributed by atoms with Gasteiger partial charge in [-0.2, -0.15) is 0 Å². The largest absolute Gasteiger partial charge is 0.372 e. The molecule has 0 aliphatic carbocycles. The highest BCUT2D eigenvalue weighted by atomic mass is 15.1. The Hall–Kier alpha value is -0.570. The standard InChI is InChI=1S/C12H27N3/c1-7-11(2)15(6)9-8-13-10-14-12(3,4)5/h10-11H,7-9H2,1-6H3,(H,13,14). The van der Waals surface area contributed by atoms with Gasteiger partial charge in [0.25, 0.3) is 0 Å². The molecule has 0 rings (SSSR count).